The molecule has 1 aromatic carbocycles. The van der Waals surface area contributed by atoms with Gasteiger partial charge in [0.1, 0.15) is 6.61 Å². The average molecular weight is 418 g/mol. The van der Waals surface area contributed by atoms with Gasteiger partial charge in [-0.15, -0.1) is 0 Å². The molecule has 0 amide bonds. The average Bonchev–Trinajstić information content (AvgIpc) is 2.63. The van der Waals surface area contributed by atoms with E-state index in [-0.39, 0.29) is 17.8 Å². The predicted octanol–water partition coefficient (Wildman–Crippen LogP) is 4.52. The molecule has 0 bridgehead atoms. The van der Waals surface area contributed by atoms with Crippen LogP contribution in [-0.2, 0) is 19.1 Å². The Morgan fingerprint density at radius 3 is 2.66 bits per heavy atom. The minimum Gasteiger partial charge on any atom is -0.460 e. The lowest BCUT2D eigenvalue weighted by atomic mass is 9.68. The molecule has 0 radical (unpaired) electrons. The summed E-state index contributed by atoms with van der Waals surface area (Å²) in [6.45, 7) is 8.94. The van der Waals surface area contributed by atoms with Gasteiger partial charge in [-0.3, -0.25) is 4.79 Å². The van der Waals surface area contributed by atoms with E-state index in [9.17, 15) is 9.59 Å². The van der Waals surface area contributed by atoms with E-state index in [0.717, 1.165) is 17.7 Å². The summed E-state index contributed by atoms with van der Waals surface area (Å²) in [6.07, 6.45) is 1.17. The molecule has 6 heteroatoms. The molecule has 0 fully saturated rings. The third-order valence-corrected chi connectivity index (χ3v) is 5.69. The molecule has 1 atom stereocenters. The van der Waals surface area contributed by atoms with Gasteiger partial charge < -0.3 is 14.8 Å². The third kappa shape index (κ3) is 4.57. The summed E-state index contributed by atoms with van der Waals surface area (Å²) in [5, 5.41) is 3.84. The van der Waals surface area contributed by atoms with Crippen molar-refractivity contribution in [2.45, 2.75) is 46.5 Å². The quantitative estimate of drug-likeness (QED) is 0.544. The fourth-order valence-corrected chi connectivity index (χ4v) is 4.39. The molecule has 1 N–H and O–H groups in total. The molecule has 0 spiro atoms. The molecule has 0 saturated carbocycles. The van der Waals surface area contributed by atoms with E-state index in [2.05, 4.69) is 19.2 Å². The fourth-order valence-electron chi connectivity index (χ4n) is 4.14. The van der Waals surface area contributed by atoms with Crippen LogP contribution in [0.15, 0.2) is 46.8 Å². The number of esters is 1. The van der Waals surface area contributed by atoms with Gasteiger partial charge in [-0.05, 0) is 37.3 Å². The van der Waals surface area contributed by atoms with Crippen molar-refractivity contribution < 1.29 is 19.1 Å². The zero-order chi connectivity index (χ0) is 21.2. The Hall–Kier alpha value is -2.11. The molecule has 1 aliphatic heterocycles. The Bertz CT molecular complexity index is 885. The van der Waals surface area contributed by atoms with Crippen LogP contribution >= 0.6 is 11.6 Å². The van der Waals surface area contributed by atoms with Gasteiger partial charge in [-0.2, -0.15) is 0 Å². The molecule has 1 heterocycles. The Morgan fingerprint density at radius 2 is 1.97 bits per heavy atom. The van der Waals surface area contributed by atoms with Crippen LogP contribution in [0.2, 0.25) is 5.02 Å². The van der Waals surface area contributed by atoms with Crippen molar-refractivity contribution in [3.8, 4) is 0 Å². The number of Topliss-reactive ketones (excluding diaryl/α,β-unsaturated/α-hetero) is 1. The number of halogens is 1. The second kappa shape index (κ2) is 8.72. The summed E-state index contributed by atoms with van der Waals surface area (Å²) in [4.78, 5) is 26.2. The van der Waals surface area contributed by atoms with Crippen molar-refractivity contribution in [1.82, 2.24) is 5.32 Å². The zero-order valence-corrected chi connectivity index (χ0v) is 18.2. The first-order chi connectivity index (χ1) is 13.7. The van der Waals surface area contributed by atoms with Crippen LogP contribution in [0, 0.1) is 5.41 Å². The van der Waals surface area contributed by atoms with Crippen LogP contribution in [-0.4, -0.2) is 31.6 Å². The Labute approximate surface area is 177 Å². The van der Waals surface area contributed by atoms with Crippen molar-refractivity contribution in [3.05, 3.63) is 57.4 Å². The summed E-state index contributed by atoms with van der Waals surface area (Å²) in [5.74, 6) is -0.951. The Morgan fingerprint density at radius 1 is 1.24 bits per heavy atom. The molecule has 1 aliphatic carbocycles. The highest BCUT2D eigenvalue weighted by Gasteiger charge is 2.43. The molecule has 3 rings (SSSR count). The monoisotopic (exact) mass is 417 g/mol. The van der Waals surface area contributed by atoms with Gasteiger partial charge in [-0.25, -0.2) is 4.79 Å². The molecular weight excluding hydrogens is 390 g/mol. The lowest BCUT2D eigenvalue weighted by molar-refractivity contribution is -0.140. The normalized spacial score (nSPS) is 21.0. The standard InChI is InChI=1S/C23H28ClNO4/c1-5-28-10-11-29-22(27)19-14(2)25-17-12-23(3,4)13-18(26)21(17)20(19)15-8-6-7-9-16(15)24/h6-9,20,25H,5,10-13H2,1-4H3. The lowest BCUT2D eigenvalue weighted by Crippen LogP contribution is -2.38. The molecular formula is C23H28ClNO4. The minimum atomic E-state index is -0.539. The number of allylic oxidation sites excluding steroid dienone is 3. The van der Waals surface area contributed by atoms with Gasteiger partial charge >= 0.3 is 5.97 Å². The van der Waals surface area contributed by atoms with Crippen LogP contribution in [0.5, 0.6) is 0 Å². The zero-order valence-electron chi connectivity index (χ0n) is 17.4. The molecule has 1 aromatic rings. The van der Waals surface area contributed by atoms with Crippen molar-refractivity contribution in [3.63, 3.8) is 0 Å². The summed E-state index contributed by atoms with van der Waals surface area (Å²) < 4.78 is 10.7. The lowest BCUT2D eigenvalue weighted by Gasteiger charge is -2.39. The first-order valence-electron chi connectivity index (χ1n) is 9.98. The summed E-state index contributed by atoms with van der Waals surface area (Å²) in [6, 6.07) is 7.36. The molecule has 0 aromatic heterocycles. The minimum absolute atomic E-state index is 0.0424. The van der Waals surface area contributed by atoms with Crippen LogP contribution < -0.4 is 5.32 Å². The molecule has 0 saturated heterocycles. The second-order valence-corrected chi connectivity index (χ2v) is 8.69. The molecule has 1 unspecified atom stereocenters. The van der Waals surface area contributed by atoms with Crippen LogP contribution in [0.4, 0.5) is 0 Å². The highest BCUT2D eigenvalue weighted by molar-refractivity contribution is 6.31. The van der Waals surface area contributed by atoms with E-state index in [0.29, 0.717) is 41.5 Å². The highest BCUT2D eigenvalue weighted by atomic mass is 35.5. The maximum absolute atomic E-state index is 13.2. The fraction of sp³-hybridized carbons (Fsp3) is 0.478. The number of hydrogen-bond donors (Lipinski definition) is 1. The number of nitrogens with one attached hydrogen (secondary N) is 1. The molecule has 2 aliphatic rings. The van der Waals surface area contributed by atoms with Gasteiger partial charge in [0.2, 0.25) is 0 Å². The van der Waals surface area contributed by atoms with Gasteiger partial charge in [0.05, 0.1) is 12.2 Å². The van der Waals surface area contributed by atoms with E-state index in [1.807, 2.05) is 32.0 Å². The topological polar surface area (TPSA) is 64.6 Å². The van der Waals surface area contributed by atoms with Gasteiger partial charge in [0, 0.05) is 40.9 Å². The molecule has 5 nitrogen and oxygen atoms in total. The number of carbonyl (C=O) groups is 2. The number of ether oxygens (including phenoxy) is 2. The number of hydrogen-bond acceptors (Lipinski definition) is 5. The largest absolute Gasteiger partial charge is 0.460 e. The maximum atomic E-state index is 13.2. The predicted molar refractivity (Wildman–Crippen MR) is 113 cm³/mol. The summed E-state index contributed by atoms with van der Waals surface area (Å²) in [7, 11) is 0. The van der Waals surface area contributed by atoms with Gasteiger partial charge in [0.15, 0.2) is 5.78 Å². The van der Waals surface area contributed by atoms with Crippen LogP contribution in [0.3, 0.4) is 0 Å². The first-order valence-corrected chi connectivity index (χ1v) is 10.4. The third-order valence-electron chi connectivity index (χ3n) is 5.34. The summed E-state index contributed by atoms with van der Waals surface area (Å²) >= 11 is 6.51. The van der Waals surface area contributed by atoms with Crippen molar-refractivity contribution in [2.24, 2.45) is 5.41 Å². The van der Waals surface area contributed by atoms with E-state index in [4.69, 9.17) is 21.1 Å². The van der Waals surface area contributed by atoms with E-state index < -0.39 is 11.9 Å². The summed E-state index contributed by atoms with van der Waals surface area (Å²) in [5.41, 5.74) is 3.23. The maximum Gasteiger partial charge on any atom is 0.336 e. The van der Waals surface area contributed by atoms with E-state index >= 15 is 0 Å². The number of ketones is 1. The van der Waals surface area contributed by atoms with Crippen molar-refractivity contribution >= 4 is 23.4 Å². The number of dihydropyridines is 1. The number of carbonyl (C=O) groups excluding carboxylic acids is 2. The van der Waals surface area contributed by atoms with Gasteiger partial charge in [-0.1, -0.05) is 43.6 Å². The van der Waals surface area contributed by atoms with Crippen LogP contribution in [0.25, 0.3) is 0 Å². The van der Waals surface area contributed by atoms with Gasteiger partial charge in [0.25, 0.3) is 0 Å². The van der Waals surface area contributed by atoms with E-state index in [1.54, 1.807) is 6.07 Å². The Kier molecular flexibility index (Phi) is 6.49. The van der Waals surface area contributed by atoms with E-state index in [1.165, 1.54) is 0 Å². The Balaban J connectivity index is 2.05. The second-order valence-electron chi connectivity index (χ2n) is 8.28. The molecule has 156 valence electrons. The SMILES string of the molecule is CCOCCOC(=O)C1=C(C)NC2=C(C(=O)CC(C)(C)C2)C1c1ccccc1Cl. The molecule has 29 heavy (non-hydrogen) atoms. The number of rotatable bonds is 6. The number of benzene rings is 1. The van der Waals surface area contributed by atoms with Crippen molar-refractivity contribution in [2.75, 3.05) is 19.8 Å². The highest BCUT2D eigenvalue weighted by Crippen LogP contribution is 2.47. The van der Waals surface area contributed by atoms with Crippen molar-refractivity contribution in [1.29, 1.82) is 0 Å². The van der Waals surface area contributed by atoms with Crippen LogP contribution in [0.1, 0.15) is 52.0 Å². The first kappa shape index (κ1) is 21.6. The smallest absolute Gasteiger partial charge is 0.336 e.